The van der Waals surface area contributed by atoms with E-state index in [0.717, 1.165) is 13.1 Å². The summed E-state index contributed by atoms with van der Waals surface area (Å²) in [6, 6.07) is 8.59. The van der Waals surface area contributed by atoms with Crippen LogP contribution in [-0.2, 0) is 13.1 Å². The van der Waals surface area contributed by atoms with Crippen molar-refractivity contribution in [2.75, 3.05) is 7.05 Å². The van der Waals surface area contributed by atoms with E-state index in [1.54, 1.807) is 0 Å². The van der Waals surface area contributed by atoms with E-state index < -0.39 is 0 Å². The van der Waals surface area contributed by atoms with Crippen LogP contribution in [-0.4, -0.2) is 11.6 Å². The van der Waals surface area contributed by atoms with E-state index in [1.807, 2.05) is 7.05 Å². The molecule has 1 aromatic carbocycles. The van der Waals surface area contributed by atoms with E-state index in [0.29, 0.717) is 0 Å². The summed E-state index contributed by atoms with van der Waals surface area (Å²) in [6.45, 7) is 4.10. The summed E-state index contributed by atoms with van der Waals surface area (Å²) in [5.41, 5.74) is 2.64. The highest BCUT2D eigenvalue weighted by Crippen LogP contribution is 2.27. The molecule has 2 rings (SSSR count). The predicted octanol–water partition coefficient (Wildman–Crippen LogP) is 3.14. The zero-order chi connectivity index (χ0) is 10.8. The summed E-state index contributed by atoms with van der Waals surface area (Å²) in [6.07, 6.45) is 0. The van der Waals surface area contributed by atoms with Gasteiger partial charge in [0.25, 0.3) is 0 Å². The quantitative estimate of drug-likeness (QED) is 0.904. The number of fused-ring (bicyclic) bond motifs is 1. The molecular weight excluding hydrogens is 252 g/mol. The lowest BCUT2D eigenvalue weighted by Crippen LogP contribution is -2.10. The summed E-state index contributed by atoms with van der Waals surface area (Å²) in [5, 5.41) is 4.50. The maximum absolute atomic E-state index is 3.59. The van der Waals surface area contributed by atoms with E-state index in [9.17, 15) is 0 Å². The third-order valence-electron chi connectivity index (χ3n) is 2.65. The SMILES string of the molecule is CCn1c(CNC)cc2c(Br)cccc21. The average Bonchev–Trinajstić information content (AvgIpc) is 2.58. The molecule has 1 heterocycles. The Labute approximate surface area is 98.4 Å². The first-order valence-corrected chi connectivity index (χ1v) is 5.98. The minimum Gasteiger partial charge on any atom is -0.344 e. The summed E-state index contributed by atoms with van der Waals surface area (Å²) >= 11 is 3.59. The summed E-state index contributed by atoms with van der Waals surface area (Å²) in [5.74, 6) is 0. The number of nitrogens with zero attached hydrogens (tertiary/aromatic N) is 1. The number of benzene rings is 1. The topological polar surface area (TPSA) is 17.0 Å². The highest BCUT2D eigenvalue weighted by atomic mass is 79.9. The normalized spacial score (nSPS) is 11.1. The molecule has 0 atom stereocenters. The van der Waals surface area contributed by atoms with Gasteiger partial charge in [0.15, 0.2) is 0 Å². The largest absolute Gasteiger partial charge is 0.344 e. The highest BCUT2D eigenvalue weighted by Gasteiger charge is 2.08. The van der Waals surface area contributed by atoms with Crippen molar-refractivity contribution in [3.8, 4) is 0 Å². The third kappa shape index (κ3) is 1.82. The van der Waals surface area contributed by atoms with Crippen LogP contribution in [0.5, 0.6) is 0 Å². The number of rotatable bonds is 3. The molecule has 0 saturated carbocycles. The van der Waals surface area contributed by atoms with Crippen LogP contribution in [0.15, 0.2) is 28.7 Å². The molecule has 80 valence electrons. The van der Waals surface area contributed by atoms with Gasteiger partial charge in [-0.25, -0.2) is 0 Å². The molecular formula is C12H15BrN2. The van der Waals surface area contributed by atoms with E-state index in [2.05, 4.69) is 57.0 Å². The molecule has 0 unspecified atom stereocenters. The molecule has 0 fully saturated rings. The molecule has 0 aliphatic carbocycles. The molecule has 0 saturated heterocycles. The molecule has 15 heavy (non-hydrogen) atoms. The lowest BCUT2D eigenvalue weighted by Gasteiger charge is -2.06. The van der Waals surface area contributed by atoms with Crippen molar-refractivity contribution >= 4 is 26.8 Å². The second kappa shape index (κ2) is 4.37. The van der Waals surface area contributed by atoms with Gasteiger partial charge in [-0.15, -0.1) is 0 Å². The molecule has 0 aliphatic rings. The number of halogens is 1. The van der Waals surface area contributed by atoms with Gasteiger partial charge in [-0.2, -0.15) is 0 Å². The zero-order valence-electron chi connectivity index (χ0n) is 9.05. The lowest BCUT2D eigenvalue weighted by molar-refractivity contribution is 0.692. The molecule has 0 aliphatic heterocycles. The van der Waals surface area contributed by atoms with Crippen LogP contribution in [0, 0.1) is 0 Å². The fourth-order valence-corrected chi connectivity index (χ4v) is 2.47. The minimum atomic E-state index is 0.912. The van der Waals surface area contributed by atoms with Crippen molar-refractivity contribution in [1.82, 2.24) is 9.88 Å². The van der Waals surface area contributed by atoms with Crippen molar-refractivity contribution in [3.63, 3.8) is 0 Å². The summed E-state index contributed by atoms with van der Waals surface area (Å²) in [4.78, 5) is 0. The average molecular weight is 267 g/mol. The molecule has 0 radical (unpaired) electrons. The van der Waals surface area contributed by atoms with E-state index in [4.69, 9.17) is 0 Å². The Morgan fingerprint density at radius 2 is 2.20 bits per heavy atom. The molecule has 1 aromatic heterocycles. The number of aromatic nitrogens is 1. The predicted molar refractivity (Wildman–Crippen MR) is 68.1 cm³/mol. The Morgan fingerprint density at radius 3 is 2.87 bits per heavy atom. The van der Waals surface area contributed by atoms with Gasteiger partial charge >= 0.3 is 0 Å². The zero-order valence-corrected chi connectivity index (χ0v) is 10.6. The Bertz CT molecular complexity index is 474. The van der Waals surface area contributed by atoms with Gasteiger partial charge in [0.05, 0.1) is 0 Å². The van der Waals surface area contributed by atoms with Crippen molar-refractivity contribution in [1.29, 1.82) is 0 Å². The Balaban J connectivity index is 2.67. The highest BCUT2D eigenvalue weighted by molar-refractivity contribution is 9.10. The molecule has 2 aromatic rings. The number of aryl methyl sites for hydroxylation is 1. The van der Waals surface area contributed by atoms with E-state index >= 15 is 0 Å². The van der Waals surface area contributed by atoms with Crippen molar-refractivity contribution in [2.24, 2.45) is 0 Å². The second-order valence-corrected chi connectivity index (χ2v) is 4.44. The van der Waals surface area contributed by atoms with Crippen molar-refractivity contribution in [2.45, 2.75) is 20.0 Å². The van der Waals surface area contributed by atoms with Gasteiger partial charge in [-0.1, -0.05) is 22.0 Å². The third-order valence-corrected chi connectivity index (χ3v) is 3.34. The van der Waals surface area contributed by atoms with Gasteiger partial charge in [-0.3, -0.25) is 0 Å². The maximum Gasteiger partial charge on any atom is 0.0494 e. The molecule has 0 bridgehead atoms. The molecule has 2 nitrogen and oxygen atoms in total. The standard InChI is InChI=1S/C12H15BrN2/c1-3-15-9(8-14-2)7-10-11(13)5-4-6-12(10)15/h4-7,14H,3,8H2,1-2H3. The van der Waals surface area contributed by atoms with E-state index in [-0.39, 0.29) is 0 Å². The van der Waals surface area contributed by atoms with Crippen LogP contribution in [0.1, 0.15) is 12.6 Å². The summed E-state index contributed by atoms with van der Waals surface area (Å²) < 4.78 is 3.51. The van der Waals surface area contributed by atoms with Crippen LogP contribution >= 0.6 is 15.9 Å². The van der Waals surface area contributed by atoms with Crippen LogP contribution < -0.4 is 5.32 Å². The Morgan fingerprint density at radius 1 is 1.40 bits per heavy atom. The second-order valence-electron chi connectivity index (χ2n) is 3.58. The van der Waals surface area contributed by atoms with Crippen molar-refractivity contribution in [3.05, 3.63) is 34.4 Å². The van der Waals surface area contributed by atoms with Gasteiger partial charge in [0, 0.05) is 34.2 Å². The van der Waals surface area contributed by atoms with E-state index in [1.165, 1.54) is 21.1 Å². The first-order valence-electron chi connectivity index (χ1n) is 5.19. The van der Waals surface area contributed by atoms with Crippen molar-refractivity contribution < 1.29 is 0 Å². The summed E-state index contributed by atoms with van der Waals surface area (Å²) in [7, 11) is 1.98. The fourth-order valence-electron chi connectivity index (χ4n) is 2.00. The van der Waals surface area contributed by atoms with Gasteiger partial charge in [-0.05, 0) is 32.2 Å². The van der Waals surface area contributed by atoms with Crippen LogP contribution in [0.2, 0.25) is 0 Å². The first kappa shape index (κ1) is 10.7. The molecule has 3 heteroatoms. The smallest absolute Gasteiger partial charge is 0.0494 e. The first-order chi connectivity index (χ1) is 7.27. The van der Waals surface area contributed by atoms with Crippen LogP contribution in [0.3, 0.4) is 0 Å². The monoisotopic (exact) mass is 266 g/mol. The van der Waals surface area contributed by atoms with Gasteiger partial charge in [0.1, 0.15) is 0 Å². The lowest BCUT2D eigenvalue weighted by atomic mass is 10.2. The van der Waals surface area contributed by atoms with Crippen LogP contribution in [0.4, 0.5) is 0 Å². The molecule has 0 spiro atoms. The number of nitrogens with one attached hydrogen (secondary N) is 1. The molecule has 0 amide bonds. The Kier molecular flexibility index (Phi) is 3.12. The number of hydrogen-bond acceptors (Lipinski definition) is 1. The Hall–Kier alpha value is -0.800. The fraction of sp³-hybridized carbons (Fsp3) is 0.333. The van der Waals surface area contributed by atoms with Crippen LogP contribution in [0.25, 0.3) is 10.9 Å². The van der Waals surface area contributed by atoms with Gasteiger partial charge < -0.3 is 9.88 Å². The maximum atomic E-state index is 3.59. The molecule has 1 N–H and O–H groups in total. The number of hydrogen-bond donors (Lipinski definition) is 1. The van der Waals surface area contributed by atoms with Gasteiger partial charge in [0.2, 0.25) is 0 Å². The minimum absolute atomic E-state index is 0.912.